The van der Waals surface area contributed by atoms with Crippen LogP contribution in [0.1, 0.15) is 21.5 Å². The van der Waals surface area contributed by atoms with Gasteiger partial charge in [0, 0.05) is 31.7 Å². The molecule has 0 unspecified atom stereocenters. The predicted molar refractivity (Wildman–Crippen MR) is 82.1 cm³/mol. The van der Waals surface area contributed by atoms with Crippen LogP contribution in [0.25, 0.3) is 0 Å². The molecule has 5 nitrogen and oxygen atoms in total. The van der Waals surface area contributed by atoms with Crippen LogP contribution in [0.2, 0.25) is 0 Å². The maximum absolute atomic E-state index is 12.3. The van der Waals surface area contributed by atoms with E-state index < -0.39 is 0 Å². The first-order chi connectivity index (χ1) is 10.1. The Morgan fingerprint density at radius 2 is 2.00 bits per heavy atom. The van der Waals surface area contributed by atoms with E-state index in [0.29, 0.717) is 6.54 Å². The topological polar surface area (TPSA) is 50.8 Å². The van der Waals surface area contributed by atoms with Gasteiger partial charge < -0.3 is 14.8 Å². The normalized spacial score (nSPS) is 15.8. The largest absolute Gasteiger partial charge is 0.496 e. The summed E-state index contributed by atoms with van der Waals surface area (Å²) in [6.07, 6.45) is 0. The second-order valence-electron chi connectivity index (χ2n) is 5.35. The van der Waals surface area contributed by atoms with Gasteiger partial charge in [0.05, 0.1) is 20.3 Å². The average molecular weight is 292 g/mol. The van der Waals surface area contributed by atoms with Gasteiger partial charge in [-0.05, 0) is 37.1 Å². The van der Waals surface area contributed by atoms with Crippen LogP contribution in [0.4, 0.5) is 0 Å². The summed E-state index contributed by atoms with van der Waals surface area (Å²) in [5.74, 6) is 0.795. The molecule has 1 saturated heterocycles. The summed E-state index contributed by atoms with van der Waals surface area (Å²) in [5.41, 5.74) is 2.62. The standard InChI is InChI=1S/C16H24N2O3/c1-12-11-15(20-3)13(2)10-14(12)16(19)17-4-5-18-6-8-21-9-7-18/h10-11H,4-9H2,1-3H3,(H,17,19). The molecule has 0 aromatic heterocycles. The fraction of sp³-hybridized carbons (Fsp3) is 0.562. The van der Waals surface area contributed by atoms with E-state index in [1.54, 1.807) is 7.11 Å². The van der Waals surface area contributed by atoms with E-state index in [9.17, 15) is 4.79 Å². The Labute approximate surface area is 126 Å². The highest BCUT2D eigenvalue weighted by Crippen LogP contribution is 2.22. The average Bonchev–Trinajstić information content (AvgIpc) is 2.50. The zero-order valence-electron chi connectivity index (χ0n) is 13.1. The number of nitrogens with one attached hydrogen (secondary N) is 1. The maximum Gasteiger partial charge on any atom is 0.251 e. The number of amides is 1. The molecule has 5 heteroatoms. The molecule has 0 atom stereocenters. The van der Waals surface area contributed by atoms with Gasteiger partial charge in [0.25, 0.3) is 5.91 Å². The van der Waals surface area contributed by atoms with E-state index >= 15 is 0 Å². The molecule has 1 heterocycles. The predicted octanol–water partition coefficient (Wildman–Crippen LogP) is 1.37. The van der Waals surface area contributed by atoms with Crippen molar-refractivity contribution in [2.45, 2.75) is 13.8 Å². The van der Waals surface area contributed by atoms with Crippen LogP contribution in [-0.2, 0) is 4.74 Å². The molecular formula is C16H24N2O3. The van der Waals surface area contributed by atoms with Crippen molar-refractivity contribution in [2.24, 2.45) is 0 Å². The van der Waals surface area contributed by atoms with Crippen molar-refractivity contribution >= 4 is 5.91 Å². The van der Waals surface area contributed by atoms with E-state index in [1.165, 1.54) is 0 Å². The van der Waals surface area contributed by atoms with Crippen molar-refractivity contribution < 1.29 is 14.3 Å². The van der Waals surface area contributed by atoms with E-state index in [1.807, 2.05) is 26.0 Å². The first-order valence-corrected chi connectivity index (χ1v) is 7.35. The number of hydrogen-bond acceptors (Lipinski definition) is 4. The number of hydrogen-bond donors (Lipinski definition) is 1. The first kappa shape index (κ1) is 15.8. The summed E-state index contributed by atoms with van der Waals surface area (Å²) in [4.78, 5) is 14.6. The van der Waals surface area contributed by atoms with Crippen molar-refractivity contribution in [3.63, 3.8) is 0 Å². The molecule has 0 saturated carbocycles. The van der Waals surface area contributed by atoms with Gasteiger partial charge in [-0.2, -0.15) is 0 Å². The first-order valence-electron chi connectivity index (χ1n) is 7.35. The lowest BCUT2D eigenvalue weighted by atomic mass is 10.0. The highest BCUT2D eigenvalue weighted by atomic mass is 16.5. The Hall–Kier alpha value is -1.59. The third-order valence-corrected chi connectivity index (χ3v) is 3.80. The zero-order valence-corrected chi connectivity index (χ0v) is 13.1. The van der Waals surface area contributed by atoms with Gasteiger partial charge >= 0.3 is 0 Å². The number of benzene rings is 1. The molecule has 0 spiro atoms. The second kappa shape index (κ2) is 7.43. The minimum Gasteiger partial charge on any atom is -0.496 e. The lowest BCUT2D eigenvalue weighted by Gasteiger charge is -2.26. The Morgan fingerprint density at radius 3 is 2.67 bits per heavy atom. The summed E-state index contributed by atoms with van der Waals surface area (Å²) >= 11 is 0. The molecule has 0 radical (unpaired) electrons. The Kier molecular flexibility index (Phi) is 5.59. The number of methoxy groups -OCH3 is 1. The van der Waals surface area contributed by atoms with Crippen molar-refractivity contribution in [1.82, 2.24) is 10.2 Å². The van der Waals surface area contributed by atoms with Crippen LogP contribution in [0.15, 0.2) is 12.1 Å². The van der Waals surface area contributed by atoms with Crippen LogP contribution in [0.5, 0.6) is 5.75 Å². The van der Waals surface area contributed by atoms with Crippen LogP contribution < -0.4 is 10.1 Å². The van der Waals surface area contributed by atoms with Crippen LogP contribution in [0, 0.1) is 13.8 Å². The highest BCUT2D eigenvalue weighted by molar-refractivity contribution is 5.96. The summed E-state index contributed by atoms with van der Waals surface area (Å²) in [6.45, 7) is 8.84. The van der Waals surface area contributed by atoms with Gasteiger partial charge in [-0.3, -0.25) is 9.69 Å². The molecule has 0 aliphatic carbocycles. The number of aryl methyl sites for hydroxylation is 2. The third-order valence-electron chi connectivity index (χ3n) is 3.80. The molecule has 2 rings (SSSR count). The number of ether oxygens (including phenoxy) is 2. The van der Waals surface area contributed by atoms with E-state index in [2.05, 4.69) is 10.2 Å². The minimum absolute atomic E-state index is 0.0217. The van der Waals surface area contributed by atoms with Crippen LogP contribution in [0.3, 0.4) is 0 Å². The van der Waals surface area contributed by atoms with E-state index in [-0.39, 0.29) is 5.91 Å². The van der Waals surface area contributed by atoms with Crippen LogP contribution in [-0.4, -0.2) is 57.3 Å². The zero-order chi connectivity index (χ0) is 15.2. The van der Waals surface area contributed by atoms with Gasteiger partial charge in [-0.1, -0.05) is 0 Å². The van der Waals surface area contributed by atoms with Crippen molar-refractivity contribution in [3.8, 4) is 5.75 Å². The van der Waals surface area contributed by atoms with Gasteiger partial charge in [0.1, 0.15) is 5.75 Å². The van der Waals surface area contributed by atoms with Gasteiger partial charge in [-0.15, -0.1) is 0 Å². The summed E-state index contributed by atoms with van der Waals surface area (Å²) < 4.78 is 10.6. The molecule has 0 bridgehead atoms. The molecule has 1 aromatic rings. The fourth-order valence-electron chi connectivity index (χ4n) is 2.50. The minimum atomic E-state index is -0.0217. The van der Waals surface area contributed by atoms with Crippen LogP contribution >= 0.6 is 0 Å². The quantitative estimate of drug-likeness (QED) is 0.890. The van der Waals surface area contributed by atoms with E-state index in [4.69, 9.17) is 9.47 Å². The second-order valence-corrected chi connectivity index (χ2v) is 5.35. The third kappa shape index (κ3) is 4.19. The molecule has 1 N–H and O–H groups in total. The smallest absolute Gasteiger partial charge is 0.251 e. The summed E-state index contributed by atoms with van der Waals surface area (Å²) in [5, 5.41) is 2.99. The Morgan fingerprint density at radius 1 is 1.29 bits per heavy atom. The summed E-state index contributed by atoms with van der Waals surface area (Å²) in [7, 11) is 1.64. The Bertz CT molecular complexity index is 497. The molecule has 1 aromatic carbocycles. The lowest BCUT2D eigenvalue weighted by Crippen LogP contribution is -2.41. The van der Waals surface area contributed by atoms with Gasteiger partial charge in [-0.25, -0.2) is 0 Å². The number of rotatable bonds is 5. The number of carbonyl (C=O) groups is 1. The summed E-state index contributed by atoms with van der Waals surface area (Å²) in [6, 6.07) is 3.80. The molecule has 1 aliphatic heterocycles. The highest BCUT2D eigenvalue weighted by Gasteiger charge is 2.13. The van der Waals surface area contributed by atoms with Crippen molar-refractivity contribution in [3.05, 3.63) is 28.8 Å². The number of nitrogens with zero attached hydrogens (tertiary/aromatic N) is 1. The molecule has 1 aliphatic rings. The van der Waals surface area contributed by atoms with Gasteiger partial charge in [0.15, 0.2) is 0 Å². The fourth-order valence-corrected chi connectivity index (χ4v) is 2.50. The van der Waals surface area contributed by atoms with E-state index in [0.717, 1.165) is 55.3 Å². The molecular weight excluding hydrogens is 268 g/mol. The number of carbonyl (C=O) groups excluding carboxylic acids is 1. The van der Waals surface area contributed by atoms with Crippen molar-refractivity contribution in [1.29, 1.82) is 0 Å². The van der Waals surface area contributed by atoms with Gasteiger partial charge in [0.2, 0.25) is 0 Å². The molecule has 21 heavy (non-hydrogen) atoms. The molecule has 1 amide bonds. The van der Waals surface area contributed by atoms with Crippen molar-refractivity contribution in [2.75, 3.05) is 46.5 Å². The monoisotopic (exact) mass is 292 g/mol. The Balaban J connectivity index is 1.89. The lowest BCUT2D eigenvalue weighted by molar-refractivity contribution is 0.0383. The SMILES string of the molecule is COc1cc(C)c(C(=O)NCCN2CCOCC2)cc1C. The maximum atomic E-state index is 12.3. The molecule has 1 fully saturated rings. The number of morpholine rings is 1. The molecule has 116 valence electrons.